The van der Waals surface area contributed by atoms with Crippen LogP contribution in [-0.4, -0.2) is 54.2 Å². The van der Waals surface area contributed by atoms with Crippen LogP contribution in [-0.2, 0) is 11.3 Å². The third-order valence-electron chi connectivity index (χ3n) is 4.51. The number of phenolic OH excluding ortho intramolecular Hbond substituents is 1. The van der Waals surface area contributed by atoms with E-state index in [9.17, 15) is 14.7 Å². The number of phenols is 1. The molecule has 0 fully saturated rings. The fourth-order valence-corrected chi connectivity index (χ4v) is 4.13. The summed E-state index contributed by atoms with van der Waals surface area (Å²) in [5, 5.41) is 15.8. The molecule has 3 aromatic rings. The third-order valence-corrected chi connectivity index (χ3v) is 5.69. The van der Waals surface area contributed by atoms with Crippen molar-refractivity contribution in [2.75, 3.05) is 27.3 Å². The number of thiophene rings is 1. The van der Waals surface area contributed by atoms with Crippen molar-refractivity contribution in [2.45, 2.75) is 20.0 Å². The number of nitrogens with one attached hydrogen (secondary N) is 2. The summed E-state index contributed by atoms with van der Waals surface area (Å²) in [5.74, 6) is 0.451. The first-order valence-corrected chi connectivity index (χ1v) is 10.4. The Hall–Kier alpha value is -3.24. The van der Waals surface area contributed by atoms with Gasteiger partial charge in [-0.1, -0.05) is 6.07 Å². The van der Waals surface area contributed by atoms with Crippen molar-refractivity contribution in [1.29, 1.82) is 0 Å². The van der Waals surface area contributed by atoms with Gasteiger partial charge in [0.05, 0.1) is 17.4 Å². The second-order valence-corrected chi connectivity index (χ2v) is 7.73. The van der Waals surface area contributed by atoms with Gasteiger partial charge in [-0.25, -0.2) is 4.98 Å². The van der Waals surface area contributed by atoms with Gasteiger partial charge in [-0.15, -0.1) is 11.3 Å². The van der Waals surface area contributed by atoms with Gasteiger partial charge < -0.3 is 25.2 Å². The van der Waals surface area contributed by atoms with Crippen molar-refractivity contribution in [3.8, 4) is 11.6 Å². The van der Waals surface area contributed by atoms with Crippen LogP contribution in [0.5, 0.6) is 11.6 Å². The number of amides is 2. The lowest BCUT2D eigenvalue weighted by atomic mass is 10.2. The summed E-state index contributed by atoms with van der Waals surface area (Å²) in [6.07, 6.45) is 0.557. The summed E-state index contributed by atoms with van der Waals surface area (Å²) in [6, 6.07) is 6.13. The highest BCUT2D eigenvalue weighted by atomic mass is 32.1. The molecule has 2 amide bonds. The van der Waals surface area contributed by atoms with Gasteiger partial charge in [0.2, 0.25) is 5.88 Å². The quantitative estimate of drug-likeness (QED) is 0.433. The van der Waals surface area contributed by atoms with Crippen LogP contribution in [0, 0.1) is 6.92 Å². The first kappa shape index (κ1) is 22.4. The molecule has 31 heavy (non-hydrogen) atoms. The molecule has 0 spiro atoms. The second kappa shape index (κ2) is 10.2. The predicted octanol–water partition coefficient (Wildman–Crippen LogP) is 2.41. The Morgan fingerprint density at radius 3 is 2.55 bits per heavy atom. The highest BCUT2D eigenvalue weighted by molar-refractivity contribution is 7.20. The molecule has 9 nitrogen and oxygen atoms in total. The first-order chi connectivity index (χ1) is 14.9. The Balaban J connectivity index is 1.58. The fraction of sp³-hybridized carbons (Fsp3) is 0.333. The minimum atomic E-state index is -0.278. The average molecular weight is 445 g/mol. The molecule has 10 heteroatoms. The largest absolute Gasteiger partial charge is 0.508 e. The molecule has 0 saturated heterocycles. The Bertz CT molecular complexity index is 1100. The predicted molar refractivity (Wildman–Crippen MR) is 117 cm³/mol. The van der Waals surface area contributed by atoms with Crippen LogP contribution in [0.3, 0.4) is 0 Å². The van der Waals surface area contributed by atoms with E-state index >= 15 is 0 Å². The van der Waals surface area contributed by atoms with E-state index in [2.05, 4.69) is 20.6 Å². The molecule has 0 radical (unpaired) electrons. The summed E-state index contributed by atoms with van der Waals surface area (Å²) in [7, 11) is 3.09. The highest BCUT2D eigenvalue weighted by Gasteiger charge is 2.21. The molecule has 3 rings (SSSR count). The van der Waals surface area contributed by atoms with Crippen LogP contribution in [0.15, 0.2) is 24.3 Å². The van der Waals surface area contributed by atoms with Gasteiger partial charge in [-0.3, -0.25) is 9.59 Å². The maximum absolute atomic E-state index is 12.7. The fourth-order valence-electron chi connectivity index (χ4n) is 3.02. The number of methoxy groups -OCH3 is 2. The van der Waals surface area contributed by atoms with E-state index in [4.69, 9.17) is 9.47 Å². The summed E-state index contributed by atoms with van der Waals surface area (Å²) in [6.45, 7) is 2.87. The minimum Gasteiger partial charge on any atom is -0.508 e. The normalized spacial score (nSPS) is 10.8. The van der Waals surface area contributed by atoms with Crippen molar-refractivity contribution in [1.82, 2.24) is 20.6 Å². The maximum Gasteiger partial charge on any atom is 0.261 e. The first-order valence-electron chi connectivity index (χ1n) is 9.63. The smallest absolute Gasteiger partial charge is 0.261 e. The number of hydrogen-bond acceptors (Lipinski definition) is 8. The van der Waals surface area contributed by atoms with E-state index in [1.165, 1.54) is 30.6 Å². The van der Waals surface area contributed by atoms with E-state index in [-0.39, 0.29) is 24.2 Å². The molecule has 164 valence electrons. The maximum atomic E-state index is 12.7. The zero-order chi connectivity index (χ0) is 22.4. The van der Waals surface area contributed by atoms with E-state index in [0.29, 0.717) is 46.5 Å². The average Bonchev–Trinajstić information content (AvgIpc) is 3.09. The second-order valence-electron chi connectivity index (χ2n) is 6.73. The lowest BCUT2D eigenvalue weighted by Crippen LogP contribution is -2.29. The van der Waals surface area contributed by atoms with E-state index < -0.39 is 0 Å². The number of aromatic nitrogens is 2. The van der Waals surface area contributed by atoms with E-state index in [0.717, 1.165) is 10.9 Å². The number of benzene rings is 1. The van der Waals surface area contributed by atoms with Crippen molar-refractivity contribution >= 4 is 33.4 Å². The standard InChI is InChI=1S/C21H24N4O5S/c1-12-16-20(30-3)24-15(11-29-2)25-21(16)31-17(12)19(28)23-9-5-8-22-18(27)13-6-4-7-14(26)10-13/h4,6-7,10,26H,5,8-9,11H2,1-3H3,(H,22,27)(H,23,28). The van der Waals surface area contributed by atoms with Crippen molar-refractivity contribution in [3.05, 3.63) is 46.1 Å². The number of ether oxygens (including phenoxy) is 2. The number of hydrogen-bond donors (Lipinski definition) is 3. The third kappa shape index (κ3) is 5.28. The monoisotopic (exact) mass is 444 g/mol. The molecule has 1 aromatic carbocycles. The minimum absolute atomic E-state index is 0.0364. The summed E-state index contributed by atoms with van der Waals surface area (Å²) in [5.41, 5.74) is 1.14. The van der Waals surface area contributed by atoms with Gasteiger partial charge in [-0.05, 0) is 37.1 Å². The topological polar surface area (TPSA) is 123 Å². The Morgan fingerprint density at radius 2 is 1.87 bits per heavy atom. The van der Waals surface area contributed by atoms with E-state index in [1.54, 1.807) is 19.2 Å². The molecule has 0 atom stereocenters. The molecular weight excluding hydrogens is 420 g/mol. The van der Waals surface area contributed by atoms with Gasteiger partial charge in [-0.2, -0.15) is 4.98 Å². The highest BCUT2D eigenvalue weighted by Crippen LogP contribution is 2.35. The van der Waals surface area contributed by atoms with Gasteiger partial charge in [0.15, 0.2) is 5.82 Å². The molecule has 3 N–H and O–H groups in total. The van der Waals surface area contributed by atoms with Crippen LogP contribution in [0.1, 0.15) is 37.8 Å². The molecule has 0 aliphatic carbocycles. The lowest BCUT2D eigenvalue weighted by Gasteiger charge is -2.07. The number of fused-ring (bicyclic) bond motifs is 1. The summed E-state index contributed by atoms with van der Waals surface area (Å²) >= 11 is 1.28. The number of carbonyl (C=O) groups excluding carboxylic acids is 2. The van der Waals surface area contributed by atoms with E-state index in [1.807, 2.05) is 6.92 Å². The summed E-state index contributed by atoms with van der Waals surface area (Å²) in [4.78, 5) is 34.7. The number of rotatable bonds is 9. The molecule has 0 bridgehead atoms. The lowest BCUT2D eigenvalue weighted by molar-refractivity contribution is 0.0952. The van der Waals surface area contributed by atoms with Crippen LogP contribution >= 0.6 is 11.3 Å². The molecule has 2 heterocycles. The SMILES string of the molecule is COCc1nc(OC)c2c(C)c(C(=O)NCCCNC(=O)c3cccc(O)c3)sc2n1. The van der Waals surface area contributed by atoms with Crippen LogP contribution in [0.2, 0.25) is 0 Å². The summed E-state index contributed by atoms with van der Waals surface area (Å²) < 4.78 is 10.5. The number of aromatic hydroxyl groups is 1. The molecule has 0 aliphatic heterocycles. The van der Waals surface area contributed by atoms with Crippen molar-refractivity contribution < 1.29 is 24.2 Å². The number of nitrogens with zero attached hydrogens (tertiary/aromatic N) is 2. The Morgan fingerprint density at radius 1 is 1.13 bits per heavy atom. The van der Waals surface area contributed by atoms with Gasteiger partial charge in [0.1, 0.15) is 17.2 Å². The van der Waals surface area contributed by atoms with Crippen molar-refractivity contribution in [2.24, 2.45) is 0 Å². The van der Waals surface area contributed by atoms with Crippen LogP contribution < -0.4 is 15.4 Å². The Kier molecular flexibility index (Phi) is 7.37. The zero-order valence-corrected chi connectivity index (χ0v) is 18.3. The Labute approximate surface area is 183 Å². The number of aryl methyl sites for hydroxylation is 1. The van der Waals surface area contributed by atoms with Crippen LogP contribution in [0.25, 0.3) is 10.2 Å². The van der Waals surface area contributed by atoms with Gasteiger partial charge in [0, 0.05) is 25.8 Å². The number of carbonyl (C=O) groups is 2. The van der Waals surface area contributed by atoms with Crippen LogP contribution in [0.4, 0.5) is 0 Å². The molecule has 2 aromatic heterocycles. The zero-order valence-electron chi connectivity index (χ0n) is 17.5. The van der Waals surface area contributed by atoms with Gasteiger partial charge >= 0.3 is 0 Å². The molecular formula is C21H24N4O5S. The molecule has 0 saturated carbocycles. The molecule has 0 aliphatic rings. The van der Waals surface area contributed by atoms with Crippen molar-refractivity contribution in [3.63, 3.8) is 0 Å². The van der Waals surface area contributed by atoms with Gasteiger partial charge in [0.25, 0.3) is 11.8 Å². The molecule has 0 unspecified atom stereocenters.